The van der Waals surface area contributed by atoms with Gasteiger partial charge in [0.25, 0.3) is 0 Å². The van der Waals surface area contributed by atoms with Crippen molar-refractivity contribution in [2.75, 3.05) is 7.05 Å². The zero-order valence-electron chi connectivity index (χ0n) is 12.0. The lowest BCUT2D eigenvalue weighted by Crippen LogP contribution is -2.33. The molecular weight excluding hydrogens is 212 g/mol. The lowest BCUT2D eigenvalue weighted by atomic mass is 9.78. The van der Waals surface area contributed by atoms with E-state index >= 15 is 0 Å². The molecule has 98 valence electrons. The Bertz CT molecular complexity index is 337. The Morgan fingerprint density at radius 2 is 2.06 bits per heavy atom. The minimum atomic E-state index is 0.356. The Balaban J connectivity index is 2.58. The smallest absolute Gasteiger partial charge is 0.138 e. The second-order valence-electron chi connectivity index (χ2n) is 5.99. The molecule has 17 heavy (non-hydrogen) atoms. The van der Waals surface area contributed by atoms with Gasteiger partial charge in [0.1, 0.15) is 12.2 Å². The molecule has 1 aromatic rings. The maximum absolute atomic E-state index is 4.28. The Labute approximate surface area is 105 Å². The maximum atomic E-state index is 4.28. The van der Waals surface area contributed by atoms with Crippen molar-refractivity contribution in [3.8, 4) is 0 Å². The molecule has 0 aliphatic heterocycles. The zero-order valence-corrected chi connectivity index (χ0v) is 12.0. The number of hydrogen-bond acceptors (Lipinski definition) is 3. The van der Waals surface area contributed by atoms with Crippen molar-refractivity contribution in [3.05, 3.63) is 12.2 Å². The number of nitrogens with one attached hydrogen (secondary N) is 1. The quantitative estimate of drug-likeness (QED) is 0.853. The second kappa shape index (κ2) is 5.63. The number of nitrogens with zero attached hydrogens (tertiary/aromatic N) is 3. The van der Waals surface area contributed by atoms with E-state index in [9.17, 15) is 0 Å². The van der Waals surface area contributed by atoms with Crippen LogP contribution in [0.15, 0.2) is 6.33 Å². The predicted octanol–water partition coefficient (Wildman–Crippen LogP) is 2.02. The van der Waals surface area contributed by atoms with Crippen LogP contribution < -0.4 is 5.32 Å². The van der Waals surface area contributed by atoms with Crippen LogP contribution in [0.2, 0.25) is 0 Å². The summed E-state index contributed by atoms with van der Waals surface area (Å²) in [6, 6.07) is 0.465. The summed E-state index contributed by atoms with van der Waals surface area (Å²) in [6.07, 6.45) is 3.72. The number of rotatable bonds is 5. The number of hydrogen-bond donors (Lipinski definition) is 1. The van der Waals surface area contributed by atoms with Gasteiger partial charge in [-0.05, 0) is 24.8 Å². The van der Waals surface area contributed by atoms with Gasteiger partial charge in [-0.2, -0.15) is 5.10 Å². The van der Waals surface area contributed by atoms with Crippen LogP contribution in [-0.2, 0) is 13.5 Å². The fourth-order valence-corrected chi connectivity index (χ4v) is 1.81. The number of likely N-dealkylation sites (N-methyl/N-ethyl adjacent to an activating group) is 1. The molecule has 0 aliphatic rings. The molecule has 0 amide bonds. The molecule has 0 aromatic carbocycles. The van der Waals surface area contributed by atoms with Gasteiger partial charge in [-0.15, -0.1) is 0 Å². The fourth-order valence-electron chi connectivity index (χ4n) is 1.81. The Kier molecular flexibility index (Phi) is 4.69. The second-order valence-corrected chi connectivity index (χ2v) is 5.99. The third-order valence-corrected chi connectivity index (χ3v) is 3.76. The van der Waals surface area contributed by atoms with E-state index in [1.807, 2.05) is 18.8 Å². The van der Waals surface area contributed by atoms with E-state index in [1.54, 1.807) is 6.33 Å². The van der Waals surface area contributed by atoms with Crippen molar-refractivity contribution in [2.45, 2.75) is 46.6 Å². The van der Waals surface area contributed by atoms with E-state index < -0.39 is 0 Å². The van der Waals surface area contributed by atoms with Gasteiger partial charge in [0.15, 0.2) is 0 Å². The summed E-state index contributed by atoms with van der Waals surface area (Å²) >= 11 is 0. The molecule has 1 N–H and O–H groups in total. The highest BCUT2D eigenvalue weighted by Crippen LogP contribution is 2.29. The van der Waals surface area contributed by atoms with Gasteiger partial charge in [0, 0.05) is 19.5 Å². The van der Waals surface area contributed by atoms with Gasteiger partial charge >= 0.3 is 0 Å². The van der Waals surface area contributed by atoms with E-state index in [2.05, 4.69) is 43.1 Å². The molecule has 0 spiro atoms. The highest BCUT2D eigenvalue weighted by Gasteiger charge is 2.23. The maximum Gasteiger partial charge on any atom is 0.138 e. The fraction of sp³-hybridized carbons (Fsp3) is 0.846. The first-order chi connectivity index (χ1) is 7.84. The Hall–Kier alpha value is -0.900. The third-order valence-electron chi connectivity index (χ3n) is 3.76. The molecule has 0 radical (unpaired) electrons. The molecule has 2 unspecified atom stereocenters. The van der Waals surface area contributed by atoms with Crippen LogP contribution in [0.3, 0.4) is 0 Å². The lowest BCUT2D eigenvalue weighted by molar-refractivity contribution is 0.224. The molecule has 0 fully saturated rings. The molecule has 0 saturated carbocycles. The third kappa shape index (κ3) is 4.11. The zero-order chi connectivity index (χ0) is 13.1. The molecular formula is C13H26N4. The first-order valence-corrected chi connectivity index (χ1v) is 6.34. The van der Waals surface area contributed by atoms with Gasteiger partial charge in [-0.1, -0.05) is 27.7 Å². The topological polar surface area (TPSA) is 42.7 Å². The predicted molar refractivity (Wildman–Crippen MR) is 70.8 cm³/mol. The molecule has 2 atom stereocenters. The molecule has 4 heteroatoms. The van der Waals surface area contributed by atoms with Crippen LogP contribution in [0.4, 0.5) is 0 Å². The van der Waals surface area contributed by atoms with Crippen molar-refractivity contribution < 1.29 is 0 Å². The summed E-state index contributed by atoms with van der Waals surface area (Å²) in [7, 11) is 3.97. The van der Waals surface area contributed by atoms with Gasteiger partial charge in [-0.25, -0.2) is 4.98 Å². The van der Waals surface area contributed by atoms with Gasteiger partial charge in [0.05, 0.1) is 0 Å². The van der Waals surface area contributed by atoms with Gasteiger partial charge in [0.2, 0.25) is 0 Å². The molecule has 4 nitrogen and oxygen atoms in total. The van der Waals surface area contributed by atoms with Crippen LogP contribution in [0.25, 0.3) is 0 Å². The van der Waals surface area contributed by atoms with Crippen LogP contribution in [0.1, 0.15) is 39.9 Å². The largest absolute Gasteiger partial charge is 0.317 e. The SMILES string of the molecule is CNC(Cc1ncnn1C)CC(C)C(C)(C)C. The van der Waals surface area contributed by atoms with Crippen molar-refractivity contribution in [3.63, 3.8) is 0 Å². The molecule has 1 heterocycles. The Morgan fingerprint density at radius 1 is 1.41 bits per heavy atom. The number of aryl methyl sites for hydroxylation is 1. The number of aromatic nitrogens is 3. The normalized spacial score (nSPS) is 15.9. The van der Waals surface area contributed by atoms with E-state index in [0.29, 0.717) is 17.4 Å². The molecule has 1 aromatic heterocycles. The van der Waals surface area contributed by atoms with Crippen LogP contribution >= 0.6 is 0 Å². The van der Waals surface area contributed by atoms with E-state index in [-0.39, 0.29) is 0 Å². The first-order valence-electron chi connectivity index (χ1n) is 6.34. The van der Waals surface area contributed by atoms with E-state index in [4.69, 9.17) is 0 Å². The highest BCUT2D eigenvalue weighted by atomic mass is 15.3. The minimum absolute atomic E-state index is 0.356. The molecule has 1 rings (SSSR count). The lowest BCUT2D eigenvalue weighted by Gasteiger charge is -2.30. The van der Waals surface area contributed by atoms with Crippen LogP contribution in [-0.4, -0.2) is 27.9 Å². The van der Waals surface area contributed by atoms with Gasteiger partial charge in [-0.3, -0.25) is 4.68 Å². The summed E-state index contributed by atoms with van der Waals surface area (Å²) in [4.78, 5) is 4.28. The van der Waals surface area contributed by atoms with Crippen LogP contribution in [0, 0.1) is 11.3 Å². The average molecular weight is 238 g/mol. The van der Waals surface area contributed by atoms with Crippen molar-refractivity contribution in [1.29, 1.82) is 0 Å². The van der Waals surface area contributed by atoms with Crippen molar-refractivity contribution >= 4 is 0 Å². The van der Waals surface area contributed by atoms with Crippen molar-refractivity contribution in [2.24, 2.45) is 18.4 Å². The minimum Gasteiger partial charge on any atom is -0.317 e. The first kappa shape index (κ1) is 14.2. The summed E-state index contributed by atoms with van der Waals surface area (Å²) in [5.41, 5.74) is 0.356. The van der Waals surface area contributed by atoms with E-state index in [0.717, 1.165) is 18.7 Å². The highest BCUT2D eigenvalue weighted by molar-refractivity contribution is 4.90. The van der Waals surface area contributed by atoms with Gasteiger partial charge < -0.3 is 5.32 Å². The molecule has 0 bridgehead atoms. The molecule has 0 aliphatic carbocycles. The Morgan fingerprint density at radius 3 is 2.47 bits per heavy atom. The van der Waals surface area contributed by atoms with E-state index in [1.165, 1.54) is 0 Å². The summed E-state index contributed by atoms with van der Waals surface area (Å²) in [5, 5.41) is 7.50. The standard InChI is InChI=1S/C13H26N4/c1-10(13(2,3)4)7-11(14-5)8-12-15-9-16-17(12)6/h9-11,14H,7-8H2,1-6H3. The monoisotopic (exact) mass is 238 g/mol. The summed E-state index contributed by atoms with van der Waals surface area (Å²) in [6.45, 7) is 9.22. The van der Waals surface area contributed by atoms with Crippen LogP contribution in [0.5, 0.6) is 0 Å². The average Bonchev–Trinajstić information content (AvgIpc) is 2.61. The molecule has 0 saturated heterocycles. The summed E-state index contributed by atoms with van der Waals surface area (Å²) < 4.78 is 1.85. The summed E-state index contributed by atoms with van der Waals surface area (Å²) in [5.74, 6) is 1.72. The van der Waals surface area contributed by atoms with Crippen molar-refractivity contribution in [1.82, 2.24) is 20.1 Å².